The van der Waals surface area contributed by atoms with Gasteiger partial charge in [-0.3, -0.25) is 4.79 Å². The van der Waals surface area contributed by atoms with Crippen molar-refractivity contribution >= 4 is 50.6 Å². The Morgan fingerprint density at radius 1 is 1.39 bits per heavy atom. The number of carbonyl (C=O) groups excluding carboxylic acids is 1. The highest BCUT2D eigenvalue weighted by Crippen LogP contribution is 2.31. The maximum Gasteiger partial charge on any atom is 0.244 e. The molecule has 0 heterocycles. The summed E-state index contributed by atoms with van der Waals surface area (Å²) < 4.78 is 6.69. The van der Waals surface area contributed by atoms with Gasteiger partial charge in [-0.25, -0.2) is 5.43 Å². The van der Waals surface area contributed by atoms with E-state index in [0.29, 0.717) is 14.9 Å². The van der Waals surface area contributed by atoms with Gasteiger partial charge in [0.05, 0.1) is 23.3 Å². The number of benzene rings is 2. The van der Waals surface area contributed by atoms with Crippen LogP contribution >= 0.6 is 38.5 Å². The van der Waals surface area contributed by atoms with Crippen molar-refractivity contribution in [2.75, 3.05) is 7.11 Å². The summed E-state index contributed by atoms with van der Waals surface area (Å²) in [5.41, 5.74) is 4.10. The fourth-order valence-corrected chi connectivity index (χ4v) is 2.72. The molecule has 1 amide bonds. The number of carbonyl (C=O) groups is 1. The number of phenols is 1. The van der Waals surface area contributed by atoms with E-state index >= 15 is 0 Å². The van der Waals surface area contributed by atoms with Crippen molar-refractivity contribution in [3.8, 4) is 11.5 Å². The molecule has 5 nitrogen and oxygen atoms in total. The minimum Gasteiger partial charge on any atom is -0.504 e. The van der Waals surface area contributed by atoms with Gasteiger partial charge in [-0.1, -0.05) is 28.1 Å². The zero-order valence-electron chi connectivity index (χ0n) is 12.2. The standard InChI is InChI=1S/C16H14BrIN2O3/c1-23-14-7-11(6-13(18)16(14)22)9-19-20-15(21)8-10-2-4-12(17)5-3-10/h2-7,9,22H,8H2,1H3,(H,20,21). The summed E-state index contributed by atoms with van der Waals surface area (Å²) in [5, 5.41) is 13.7. The van der Waals surface area contributed by atoms with Crippen LogP contribution in [-0.2, 0) is 11.2 Å². The average Bonchev–Trinajstić information content (AvgIpc) is 2.53. The number of hydrogen-bond acceptors (Lipinski definition) is 4. The maximum atomic E-state index is 11.8. The number of methoxy groups -OCH3 is 1. The van der Waals surface area contributed by atoms with Crippen molar-refractivity contribution in [3.63, 3.8) is 0 Å². The summed E-state index contributed by atoms with van der Waals surface area (Å²) in [4.78, 5) is 11.8. The Labute approximate surface area is 156 Å². The van der Waals surface area contributed by atoms with Gasteiger partial charge in [0.2, 0.25) is 5.91 Å². The largest absolute Gasteiger partial charge is 0.504 e. The highest BCUT2D eigenvalue weighted by molar-refractivity contribution is 14.1. The van der Waals surface area contributed by atoms with E-state index in [2.05, 4.69) is 26.5 Å². The molecule has 2 rings (SSSR count). The van der Waals surface area contributed by atoms with E-state index in [1.807, 2.05) is 46.9 Å². The normalized spacial score (nSPS) is 10.7. The van der Waals surface area contributed by atoms with Gasteiger partial charge in [-0.2, -0.15) is 5.10 Å². The van der Waals surface area contributed by atoms with Gasteiger partial charge >= 0.3 is 0 Å². The number of ether oxygens (including phenoxy) is 1. The predicted molar refractivity (Wildman–Crippen MR) is 101 cm³/mol. The van der Waals surface area contributed by atoms with E-state index in [1.165, 1.54) is 13.3 Å². The fraction of sp³-hybridized carbons (Fsp3) is 0.125. The highest BCUT2D eigenvalue weighted by atomic mass is 127. The maximum absolute atomic E-state index is 11.8. The number of phenolic OH excluding ortho intramolecular Hbond substituents is 1. The third kappa shape index (κ3) is 5.21. The van der Waals surface area contributed by atoms with Crippen LogP contribution in [0, 0.1) is 3.57 Å². The molecule has 7 heteroatoms. The first-order valence-electron chi connectivity index (χ1n) is 6.62. The number of amides is 1. The van der Waals surface area contributed by atoms with Crippen molar-refractivity contribution in [1.82, 2.24) is 5.43 Å². The first-order valence-corrected chi connectivity index (χ1v) is 8.49. The lowest BCUT2D eigenvalue weighted by Gasteiger charge is -2.06. The molecule has 0 unspecified atom stereocenters. The number of halogens is 2. The van der Waals surface area contributed by atoms with E-state index in [0.717, 1.165) is 10.0 Å². The van der Waals surface area contributed by atoms with Crippen molar-refractivity contribution in [2.45, 2.75) is 6.42 Å². The van der Waals surface area contributed by atoms with Crippen LogP contribution in [0.5, 0.6) is 11.5 Å². The number of hydrogen-bond donors (Lipinski definition) is 2. The van der Waals surface area contributed by atoms with Crippen LogP contribution in [0.3, 0.4) is 0 Å². The van der Waals surface area contributed by atoms with Crippen molar-refractivity contribution in [3.05, 3.63) is 55.6 Å². The molecule has 2 aromatic carbocycles. The second-order valence-electron chi connectivity index (χ2n) is 4.65. The highest BCUT2D eigenvalue weighted by Gasteiger charge is 2.07. The van der Waals surface area contributed by atoms with E-state index < -0.39 is 0 Å². The monoisotopic (exact) mass is 488 g/mol. The molecule has 0 fully saturated rings. The van der Waals surface area contributed by atoms with Crippen LogP contribution in [0.1, 0.15) is 11.1 Å². The van der Waals surface area contributed by atoms with Crippen LogP contribution in [0.15, 0.2) is 46.0 Å². The van der Waals surface area contributed by atoms with E-state index in [9.17, 15) is 9.90 Å². The number of rotatable bonds is 5. The molecular formula is C16H14BrIN2O3. The molecule has 0 aromatic heterocycles. The Hall–Kier alpha value is -1.61. The zero-order chi connectivity index (χ0) is 16.8. The molecule has 0 bridgehead atoms. The summed E-state index contributed by atoms with van der Waals surface area (Å²) in [6.07, 6.45) is 1.75. The smallest absolute Gasteiger partial charge is 0.244 e. The number of aromatic hydroxyl groups is 1. The van der Waals surface area contributed by atoms with Gasteiger partial charge < -0.3 is 9.84 Å². The van der Waals surface area contributed by atoms with E-state index in [-0.39, 0.29) is 18.1 Å². The second-order valence-corrected chi connectivity index (χ2v) is 6.73. The lowest BCUT2D eigenvalue weighted by molar-refractivity contribution is -0.120. The lowest BCUT2D eigenvalue weighted by Crippen LogP contribution is -2.19. The molecule has 0 saturated heterocycles. The van der Waals surface area contributed by atoms with Crippen LogP contribution in [0.2, 0.25) is 0 Å². The lowest BCUT2D eigenvalue weighted by atomic mass is 10.1. The van der Waals surface area contributed by atoms with Gasteiger partial charge in [0.25, 0.3) is 0 Å². The van der Waals surface area contributed by atoms with Crippen LogP contribution in [0.4, 0.5) is 0 Å². The van der Waals surface area contributed by atoms with Crippen molar-refractivity contribution < 1.29 is 14.6 Å². The quantitative estimate of drug-likeness (QED) is 0.384. The molecule has 0 atom stereocenters. The molecular weight excluding hydrogens is 475 g/mol. The van der Waals surface area contributed by atoms with Gasteiger partial charge in [-0.15, -0.1) is 0 Å². The van der Waals surface area contributed by atoms with Crippen molar-refractivity contribution in [2.24, 2.45) is 5.10 Å². The van der Waals surface area contributed by atoms with Gasteiger partial charge in [0, 0.05) is 4.47 Å². The van der Waals surface area contributed by atoms with Crippen LogP contribution < -0.4 is 10.2 Å². The molecule has 2 aromatic rings. The summed E-state index contributed by atoms with van der Waals surface area (Å²) in [6.45, 7) is 0. The minimum atomic E-state index is -0.205. The number of nitrogens with zero attached hydrogens (tertiary/aromatic N) is 1. The molecule has 0 aliphatic heterocycles. The Morgan fingerprint density at radius 3 is 2.74 bits per heavy atom. The fourth-order valence-electron chi connectivity index (χ4n) is 1.83. The first kappa shape index (κ1) is 17.7. The van der Waals surface area contributed by atoms with Crippen molar-refractivity contribution in [1.29, 1.82) is 0 Å². The summed E-state index contributed by atoms with van der Waals surface area (Å²) in [5.74, 6) is 0.244. The van der Waals surface area contributed by atoms with E-state index in [4.69, 9.17) is 4.74 Å². The Kier molecular flexibility index (Phi) is 6.40. The number of nitrogens with one attached hydrogen (secondary N) is 1. The summed E-state index contributed by atoms with van der Waals surface area (Å²) in [6, 6.07) is 10.9. The summed E-state index contributed by atoms with van der Waals surface area (Å²) >= 11 is 5.35. The molecule has 2 N–H and O–H groups in total. The Balaban J connectivity index is 1.97. The zero-order valence-corrected chi connectivity index (χ0v) is 16.0. The molecule has 0 spiro atoms. The molecule has 0 radical (unpaired) electrons. The molecule has 0 aliphatic carbocycles. The molecule has 0 saturated carbocycles. The molecule has 23 heavy (non-hydrogen) atoms. The van der Waals surface area contributed by atoms with Crippen LogP contribution in [-0.4, -0.2) is 24.3 Å². The minimum absolute atomic E-state index is 0.0875. The topological polar surface area (TPSA) is 70.9 Å². The Bertz CT molecular complexity index is 733. The average molecular weight is 489 g/mol. The van der Waals surface area contributed by atoms with Crippen LogP contribution in [0.25, 0.3) is 0 Å². The summed E-state index contributed by atoms with van der Waals surface area (Å²) in [7, 11) is 1.48. The third-order valence-electron chi connectivity index (χ3n) is 2.95. The molecule has 120 valence electrons. The SMILES string of the molecule is COc1cc(C=NNC(=O)Cc2ccc(Br)cc2)cc(I)c1O. The second kappa shape index (κ2) is 8.30. The Morgan fingerprint density at radius 2 is 2.09 bits per heavy atom. The van der Waals surface area contributed by atoms with Gasteiger partial charge in [-0.05, 0) is 58.0 Å². The van der Waals surface area contributed by atoms with Gasteiger partial charge in [0.1, 0.15) is 0 Å². The third-order valence-corrected chi connectivity index (χ3v) is 4.30. The van der Waals surface area contributed by atoms with E-state index in [1.54, 1.807) is 12.1 Å². The predicted octanol–water partition coefficient (Wildman–Crippen LogP) is 3.46. The first-order chi connectivity index (χ1) is 11.0. The number of hydrazone groups is 1. The van der Waals surface area contributed by atoms with Gasteiger partial charge in [0.15, 0.2) is 11.5 Å². The molecule has 0 aliphatic rings.